The van der Waals surface area contributed by atoms with E-state index in [1.807, 2.05) is 13.0 Å². The molecule has 4 aliphatic rings. The molecule has 148 valence electrons. The fourth-order valence-electron chi connectivity index (χ4n) is 6.32. The Labute approximate surface area is 164 Å². The fraction of sp³-hybridized carbons (Fsp3) is 0.545. The SMILES string of the molecule is COC(=O)C1=C2Nc3ccccc3[C@@]23CCN2CC(C(C)OC(C)=O)[C@@H]1C[C@H]23. The number of esters is 2. The lowest BCUT2D eigenvalue weighted by Crippen LogP contribution is -2.57. The second-order valence-corrected chi connectivity index (χ2v) is 8.50. The van der Waals surface area contributed by atoms with Crippen molar-refractivity contribution in [3.8, 4) is 0 Å². The Kier molecular flexibility index (Phi) is 3.85. The van der Waals surface area contributed by atoms with Crippen LogP contribution in [0.25, 0.3) is 0 Å². The highest BCUT2D eigenvalue weighted by molar-refractivity contribution is 5.93. The lowest BCUT2D eigenvalue weighted by atomic mass is 9.60. The van der Waals surface area contributed by atoms with Crippen LogP contribution in [-0.2, 0) is 24.5 Å². The largest absolute Gasteiger partial charge is 0.466 e. The topological polar surface area (TPSA) is 67.9 Å². The van der Waals surface area contributed by atoms with Gasteiger partial charge in [-0.2, -0.15) is 0 Å². The number of piperidine rings is 1. The number of carbonyl (C=O) groups excluding carboxylic acids is 2. The monoisotopic (exact) mass is 382 g/mol. The third-order valence-electron chi connectivity index (χ3n) is 7.36. The van der Waals surface area contributed by atoms with Crippen molar-refractivity contribution < 1.29 is 19.1 Å². The minimum atomic E-state index is -0.278. The van der Waals surface area contributed by atoms with Crippen molar-refractivity contribution in [1.82, 2.24) is 4.90 Å². The zero-order valence-electron chi connectivity index (χ0n) is 16.5. The number of anilines is 1. The fourth-order valence-corrected chi connectivity index (χ4v) is 6.32. The van der Waals surface area contributed by atoms with Crippen LogP contribution in [0.15, 0.2) is 35.5 Å². The minimum Gasteiger partial charge on any atom is -0.466 e. The van der Waals surface area contributed by atoms with Crippen molar-refractivity contribution >= 4 is 17.6 Å². The highest BCUT2D eigenvalue weighted by atomic mass is 16.5. The van der Waals surface area contributed by atoms with Gasteiger partial charge in [-0.25, -0.2) is 4.79 Å². The van der Waals surface area contributed by atoms with Crippen LogP contribution in [0.4, 0.5) is 5.69 Å². The van der Waals surface area contributed by atoms with Gasteiger partial charge in [0.15, 0.2) is 0 Å². The van der Waals surface area contributed by atoms with Crippen molar-refractivity contribution in [1.29, 1.82) is 0 Å². The van der Waals surface area contributed by atoms with E-state index in [-0.39, 0.29) is 35.3 Å². The summed E-state index contributed by atoms with van der Waals surface area (Å²) in [5, 5.41) is 3.59. The van der Waals surface area contributed by atoms with E-state index in [0.717, 1.165) is 42.9 Å². The van der Waals surface area contributed by atoms with E-state index >= 15 is 0 Å². The molecule has 2 saturated heterocycles. The second kappa shape index (κ2) is 6.08. The molecule has 5 atom stereocenters. The Morgan fingerprint density at radius 3 is 2.86 bits per heavy atom. The number of hydrogen-bond donors (Lipinski definition) is 1. The van der Waals surface area contributed by atoms with Gasteiger partial charge >= 0.3 is 11.9 Å². The second-order valence-electron chi connectivity index (χ2n) is 8.50. The van der Waals surface area contributed by atoms with E-state index in [4.69, 9.17) is 9.47 Å². The third-order valence-corrected chi connectivity index (χ3v) is 7.36. The van der Waals surface area contributed by atoms with E-state index in [1.165, 1.54) is 19.6 Å². The first-order chi connectivity index (χ1) is 13.5. The summed E-state index contributed by atoms with van der Waals surface area (Å²) in [6, 6.07) is 8.76. The lowest BCUT2D eigenvalue weighted by molar-refractivity contribution is -0.151. The molecular formula is C22H26N2O4. The van der Waals surface area contributed by atoms with Gasteiger partial charge in [0.1, 0.15) is 6.10 Å². The number of para-hydroxylation sites is 1. The summed E-state index contributed by atoms with van der Waals surface area (Å²) in [6.07, 6.45) is 1.62. The van der Waals surface area contributed by atoms with E-state index in [9.17, 15) is 9.59 Å². The molecule has 1 aromatic rings. The Balaban J connectivity index is 1.68. The van der Waals surface area contributed by atoms with E-state index in [1.54, 1.807) is 0 Å². The molecule has 1 aliphatic carbocycles. The molecule has 2 fully saturated rings. The van der Waals surface area contributed by atoms with Gasteiger partial charge in [-0.3, -0.25) is 9.69 Å². The van der Waals surface area contributed by atoms with Crippen molar-refractivity contribution in [2.45, 2.75) is 44.2 Å². The standard InChI is InChI=1S/C22H26N2O4/c1-12(28-13(2)25)15-11-24-9-8-22-16-6-4-5-7-17(16)23-20(22)19(21(26)27-3)14(15)10-18(22)24/h4-7,12,14-15,18,23H,8-11H2,1-3H3/t12?,14-,15?,18-,22+/m0/s1. The van der Waals surface area contributed by atoms with Crippen LogP contribution in [0.5, 0.6) is 0 Å². The Hall–Kier alpha value is -2.34. The van der Waals surface area contributed by atoms with Gasteiger partial charge in [-0.05, 0) is 37.9 Å². The summed E-state index contributed by atoms with van der Waals surface area (Å²) in [4.78, 5) is 27.1. The number of fused-ring (bicyclic) bond motifs is 2. The molecule has 0 saturated carbocycles. The molecule has 0 amide bonds. The summed E-state index contributed by atoms with van der Waals surface area (Å²) in [5.41, 5.74) is 4.00. The highest BCUT2D eigenvalue weighted by Gasteiger charge is 2.63. The van der Waals surface area contributed by atoms with Crippen LogP contribution < -0.4 is 5.32 Å². The first kappa shape index (κ1) is 17.7. The molecule has 0 radical (unpaired) electrons. The maximum Gasteiger partial charge on any atom is 0.335 e. The van der Waals surface area contributed by atoms with Crippen LogP contribution in [-0.4, -0.2) is 49.2 Å². The van der Waals surface area contributed by atoms with Crippen molar-refractivity contribution in [2.75, 3.05) is 25.5 Å². The molecule has 1 aromatic carbocycles. The van der Waals surface area contributed by atoms with Gasteiger partial charge in [0.2, 0.25) is 0 Å². The number of benzene rings is 1. The number of carbonyl (C=O) groups is 2. The number of ether oxygens (including phenoxy) is 2. The van der Waals surface area contributed by atoms with Crippen molar-refractivity contribution in [2.24, 2.45) is 11.8 Å². The average molecular weight is 382 g/mol. The van der Waals surface area contributed by atoms with Gasteiger partial charge in [0.25, 0.3) is 0 Å². The maximum atomic E-state index is 13.0. The molecule has 2 unspecified atom stereocenters. The van der Waals surface area contributed by atoms with Crippen molar-refractivity contribution in [3.63, 3.8) is 0 Å². The van der Waals surface area contributed by atoms with E-state index in [2.05, 4.69) is 28.4 Å². The van der Waals surface area contributed by atoms with E-state index in [0.29, 0.717) is 6.04 Å². The lowest BCUT2D eigenvalue weighted by Gasteiger charge is -2.51. The van der Waals surface area contributed by atoms with Crippen molar-refractivity contribution in [3.05, 3.63) is 41.1 Å². The number of nitrogens with one attached hydrogen (secondary N) is 1. The third kappa shape index (κ3) is 2.18. The molecule has 6 nitrogen and oxygen atoms in total. The molecule has 1 spiro atoms. The zero-order chi connectivity index (χ0) is 19.6. The summed E-state index contributed by atoms with van der Waals surface area (Å²) in [6.45, 7) is 5.20. The first-order valence-electron chi connectivity index (χ1n) is 10.1. The first-order valence-corrected chi connectivity index (χ1v) is 10.1. The summed E-state index contributed by atoms with van der Waals surface area (Å²) in [7, 11) is 1.45. The molecule has 28 heavy (non-hydrogen) atoms. The van der Waals surface area contributed by atoms with Gasteiger partial charge in [-0.1, -0.05) is 18.2 Å². The normalized spacial score (nSPS) is 33.6. The van der Waals surface area contributed by atoms with E-state index < -0.39 is 0 Å². The quantitative estimate of drug-likeness (QED) is 0.810. The predicted molar refractivity (Wildman–Crippen MR) is 104 cm³/mol. The Morgan fingerprint density at radius 1 is 1.32 bits per heavy atom. The summed E-state index contributed by atoms with van der Waals surface area (Å²) in [5.74, 6) is -0.451. The van der Waals surface area contributed by atoms with Gasteiger partial charge < -0.3 is 14.8 Å². The summed E-state index contributed by atoms with van der Waals surface area (Å²) >= 11 is 0. The molecule has 3 heterocycles. The molecule has 3 aliphatic heterocycles. The highest BCUT2D eigenvalue weighted by Crippen LogP contribution is 2.61. The number of hydrogen-bond acceptors (Lipinski definition) is 6. The summed E-state index contributed by atoms with van der Waals surface area (Å²) < 4.78 is 10.8. The maximum absolute atomic E-state index is 13.0. The molecule has 2 bridgehead atoms. The van der Waals surface area contributed by atoms with Crippen LogP contribution in [0.1, 0.15) is 32.3 Å². The smallest absolute Gasteiger partial charge is 0.335 e. The van der Waals surface area contributed by atoms with Crippen LogP contribution in [0.3, 0.4) is 0 Å². The molecular weight excluding hydrogens is 356 g/mol. The van der Waals surface area contributed by atoms with Crippen LogP contribution in [0, 0.1) is 11.8 Å². The molecule has 6 heteroatoms. The molecule has 5 rings (SSSR count). The number of nitrogens with zero attached hydrogens (tertiary/aromatic N) is 1. The van der Waals surface area contributed by atoms with Gasteiger partial charge in [-0.15, -0.1) is 0 Å². The Bertz CT molecular complexity index is 894. The average Bonchev–Trinajstić information content (AvgIpc) is 3.23. The van der Waals surface area contributed by atoms with Crippen LogP contribution >= 0.6 is 0 Å². The number of rotatable bonds is 3. The number of methoxy groups -OCH3 is 1. The van der Waals surface area contributed by atoms with Gasteiger partial charge in [0.05, 0.1) is 18.1 Å². The van der Waals surface area contributed by atoms with Gasteiger partial charge in [0, 0.05) is 42.7 Å². The predicted octanol–water partition coefficient (Wildman–Crippen LogP) is 2.45. The molecule has 1 N–H and O–H groups in total. The molecule has 0 aromatic heterocycles. The minimum absolute atomic E-state index is 0.0195. The van der Waals surface area contributed by atoms with Crippen LogP contribution in [0.2, 0.25) is 0 Å². The zero-order valence-corrected chi connectivity index (χ0v) is 16.5. The Morgan fingerprint density at radius 2 is 2.11 bits per heavy atom.